The first-order valence-corrected chi connectivity index (χ1v) is 29.7. The zero-order chi connectivity index (χ0) is 49.3. The quantitative estimate of drug-likeness (QED) is 0.0199. The fourth-order valence-electron chi connectivity index (χ4n) is 8.57. The summed E-state index contributed by atoms with van der Waals surface area (Å²) in [5, 5.41) is 0. The Labute approximate surface area is 422 Å². The topological polar surface area (TPSA) is 78.9 Å². The zero-order valence-corrected chi connectivity index (χ0v) is 45.4. The van der Waals surface area contributed by atoms with E-state index in [2.05, 4.69) is 57.2 Å². The van der Waals surface area contributed by atoms with Crippen molar-refractivity contribution in [3.63, 3.8) is 0 Å². The van der Waals surface area contributed by atoms with Gasteiger partial charge in [0.05, 0.1) is 6.26 Å². The molecule has 0 spiro atoms. The van der Waals surface area contributed by atoms with Crippen LogP contribution in [0.15, 0.2) is 48.8 Å². The molecule has 68 heavy (non-hydrogen) atoms. The maximum atomic E-state index is 12.9. The molecule has 0 heterocycles. The van der Waals surface area contributed by atoms with Crippen molar-refractivity contribution in [3.8, 4) is 0 Å². The van der Waals surface area contributed by atoms with E-state index in [4.69, 9.17) is 14.2 Å². The minimum absolute atomic E-state index is 0.158. The molecule has 0 aromatic rings. The lowest BCUT2D eigenvalue weighted by Crippen LogP contribution is -2.24. The van der Waals surface area contributed by atoms with Gasteiger partial charge < -0.3 is 14.2 Å². The lowest BCUT2D eigenvalue weighted by atomic mass is 10.1. The molecule has 0 saturated heterocycles. The molecule has 0 bridgehead atoms. The number of allylic oxidation sites excluding steroid dienone is 7. The van der Waals surface area contributed by atoms with Crippen molar-refractivity contribution in [3.05, 3.63) is 48.8 Å². The van der Waals surface area contributed by atoms with Crippen LogP contribution in [0.2, 0.25) is 0 Å². The van der Waals surface area contributed by atoms with Crippen LogP contribution in [0, 0.1) is 0 Å². The zero-order valence-electron chi connectivity index (χ0n) is 45.4. The molecule has 6 nitrogen and oxygen atoms in total. The normalized spacial score (nSPS) is 11.9. The minimum atomic E-state index is -0.825. The van der Waals surface area contributed by atoms with Crippen LogP contribution in [0.4, 0.5) is 0 Å². The van der Waals surface area contributed by atoms with Crippen molar-refractivity contribution >= 4 is 17.9 Å². The van der Waals surface area contributed by atoms with Gasteiger partial charge in [0.15, 0.2) is 0 Å². The molecule has 0 unspecified atom stereocenters. The van der Waals surface area contributed by atoms with E-state index in [1.54, 1.807) is 0 Å². The van der Waals surface area contributed by atoms with Gasteiger partial charge >= 0.3 is 17.9 Å². The van der Waals surface area contributed by atoms with Gasteiger partial charge in [-0.05, 0) is 122 Å². The monoisotopic (exact) mass is 953 g/mol. The average molecular weight is 954 g/mol. The van der Waals surface area contributed by atoms with Gasteiger partial charge in [-0.15, -0.1) is 0 Å². The number of rotatable bonds is 54. The van der Waals surface area contributed by atoms with Gasteiger partial charge in [0.2, 0.25) is 6.29 Å². The van der Waals surface area contributed by atoms with Crippen LogP contribution in [0.3, 0.4) is 0 Å². The first-order chi connectivity index (χ1) is 33.5. The van der Waals surface area contributed by atoms with Crippen molar-refractivity contribution in [1.82, 2.24) is 0 Å². The molecule has 0 aromatic carbocycles. The van der Waals surface area contributed by atoms with Gasteiger partial charge in [-0.3, -0.25) is 14.4 Å². The van der Waals surface area contributed by atoms with E-state index in [0.29, 0.717) is 25.7 Å². The molecule has 0 fully saturated rings. The Morgan fingerprint density at radius 1 is 0.294 bits per heavy atom. The Morgan fingerprint density at radius 3 is 0.868 bits per heavy atom. The molecule has 0 atom stereocenters. The van der Waals surface area contributed by atoms with E-state index in [9.17, 15) is 14.4 Å². The number of carbonyl (C=O) groups is 3. The molecule has 0 aliphatic rings. The maximum absolute atomic E-state index is 12.9. The van der Waals surface area contributed by atoms with Crippen LogP contribution >= 0.6 is 0 Å². The van der Waals surface area contributed by atoms with E-state index in [1.165, 1.54) is 192 Å². The molecule has 0 radical (unpaired) electrons. The van der Waals surface area contributed by atoms with Crippen LogP contribution in [0.5, 0.6) is 0 Å². The van der Waals surface area contributed by atoms with Gasteiger partial charge in [-0.25, -0.2) is 0 Å². The Hall–Kier alpha value is -2.63. The molecular weight excluding hydrogens is 841 g/mol. The first kappa shape index (κ1) is 65.4. The third-order valence-corrected chi connectivity index (χ3v) is 13.1. The summed E-state index contributed by atoms with van der Waals surface area (Å²) in [6.07, 6.45) is 69.5. The summed E-state index contributed by atoms with van der Waals surface area (Å²) in [6.45, 7) is 6.80. The summed E-state index contributed by atoms with van der Waals surface area (Å²) in [5.74, 6) is -0.699. The van der Waals surface area contributed by atoms with Crippen molar-refractivity contribution in [2.75, 3.05) is 0 Å². The summed E-state index contributed by atoms with van der Waals surface area (Å²) in [5.41, 5.74) is 0. The van der Waals surface area contributed by atoms with E-state index in [1.807, 2.05) is 6.08 Å². The van der Waals surface area contributed by atoms with Crippen molar-refractivity contribution in [2.45, 2.75) is 329 Å². The van der Waals surface area contributed by atoms with E-state index >= 15 is 0 Å². The SMILES string of the molecule is CCCCCCCC/C=C\CCCCCCCC(=O)O/C=C/CCCCCC(OC(=O)CCCCCCC/C=C\CCCCCCCC)OC(=O)CCCCCCC/C=C\CCCCCCCC. The van der Waals surface area contributed by atoms with Gasteiger partial charge in [0, 0.05) is 25.7 Å². The van der Waals surface area contributed by atoms with Crippen molar-refractivity contribution < 1.29 is 28.6 Å². The summed E-state index contributed by atoms with van der Waals surface area (Å²) in [4.78, 5) is 37.9. The Kier molecular flexibility index (Phi) is 54.8. The predicted octanol–water partition coefficient (Wildman–Crippen LogP) is 20.5. The second kappa shape index (κ2) is 57.0. The molecular formula is C62H112O6. The number of unbranched alkanes of at least 4 members (excludes halogenated alkanes) is 36. The highest BCUT2D eigenvalue weighted by molar-refractivity contribution is 5.71. The van der Waals surface area contributed by atoms with Crippen LogP contribution in [-0.4, -0.2) is 24.2 Å². The fraction of sp³-hybridized carbons (Fsp3) is 0.823. The number of esters is 3. The fourth-order valence-corrected chi connectivity index (χ4v) is 8.57. The third kappa shape index (κ3) is 54.3. The first-order valence-electron chi connectivity index (χ1n) is 29.7. The summed E-state index contributed by atoms with van der Waals surface area (Å²) in [6, 6.07) is 0. The minimum Gasteiger partial charge on any atom is -0.435 e. The molecule has 0 aliphatic heterocycles. The molecule has 0 aliphatic carbocycles. The number of carbonyl (C=O) groups excluding carboxylic acids is 3. The Bertz CT molecular complexity index is 1130. The number of ether oxygens (including phenoxy) is 3. The van der Waals surface area contributed by atoms with Gasteiger partial charge in [-0.1, -0.05) is 218 Å². The highest BCUT2D eigenvalue weighted by atomic mass is 16.7. The number of hydrogen-bond donors (Lipinski definition) is 0. The molecule has 0 N–H and O–H groups in total. The largest absolute Gasteiger partial charge is 0.435 e. The van der Waals surface area contributed by atoms with Gasteiger partial charge in [-0.2, -0.15) is 0 Å². The molecule has 0 aromatic heterocycles. The highest BCUT2D eigenvalue weighted by Gasteiger charge is 2.19. The Balaban J connectivity index is 4.36. The maximum Gasteiger partial charge on any atom is 0.310 e. The van der Waals surface area contributed by atoms with Gasteiger partial charge in [0.25, 0.3) is 0 Å². The smallest absolute Gasteiger partial charge is 0.310 e. The standard InChI is InChI=1S/C62H112O6/c1-4-7-10-13-16-19-22-25-28-31-34-37-40-44-49-54-59(63)66-58-53-48-43-47-52-57-62(67-60(64)55-50-45-41-38-35-32-29-26-23-20-17-14-11-8-5-2)68-61(65)56-51-46-42-39-36-33-30-27-24-21-18-15-12-9-6-3/h25-30,53,58,62H,4-24,31-52,54-57H2,1-3H3/b28-25-,29-26-,30-27-,58-53+. The second-order valence-corrected chi connectivity index (χ2v) is 19.9. The lowest BCUT2D eigenvalue weighted by molar-refractivity contribution is -0.189. The van der Waals surface area contributed by atoms with Crippen LogP contribution in [0.1, 0.15) is 323 Å². The average Bonchev–Trinajstić information content (AvgIpc) is 3.33. The van der Waals surface area contributed by atoms with Crippen LogP contribution < -0.4 is 0 Å². The number of hydrogen-bond acceptors (Lipinski definition) is 6. The molecule has 0 rings (SSSR count). The van der Waals surface area contributed by atoms with E-state index in [0.717, 1.165) is 89.9 Å². The molecule has 0 saturated carbocycles. The summed E-state index contributed by atoms with van der Waals surface area (Å²) in [7, 11) is 0. The van der Waals surface area contributed by atoms with Crippen molar-refractivity contribution in [1.29, 1.82) is 0 Å². The molecule has 6 heteroatoms. The summed E-state index contributed by atoms with van der Waals surface area (Å²) >= 11 is 0. The Morgan fingerprint density at radius 2 is 0.544 bits per heavy atom. The molecule has 0 amide bonds. The van der Waals surface area contributed by atoms with Crippen LogP contribution in [0.25, 0.3) is 0 Å². The van der Waals surface area contributed by atoms with E-state index < -0.39 is 6.29 Å². The van der Waals surface area contributed by atoms with Gasteiger partial charge in [0.1, 0.15) is 0 Å². The second-order valence-electron chi connectivity index (χ2n) is 19.9. The predicted molar refractivity (Wildman–Crippen MR) is 293 cm³/mol. The highest BCUT2D eigenvalue weighted by Crippen LogP contribution is 2.17. The third-order valence-electron chi connectivity index (χ3n) is 13.1. The lowest BCUT2D eigenvalue weighted by Gasteiger charge is -2.18. The summed E-state index contributed by atoms with van der Waals surface area (Å²) < 4.78 is 16.9. The molecule has 396 valence electrons. The van der Waals surface area contributed by atoms with E-state index in [-0.39, 0.29) is 17.9 Å². The van der Waals surface area contributed by atoms with Crippen LogP contribution in [-0.2, 0) is 28.6 Å². The van der Waals surface area contributed by atoms with Crippen molar-refractivity contribution in [2.24, 2.45) is 0 Å².